The molecule has 2 N–H and O–H groups in total. The van der Waals surface area contributed by atoms with E-state index >= 15 is 0 Å². The van der Waals surface area contributed by atoms with Gasteiger partial charge in [-0.3, -0.25) is 0 Å². The van der Waals surface area contributed by atoms with E-state index in [1.807, 2.05) is 24.3 Å². The molecule has 1 unspecified atom stereocenters. The summed E-state index contributed by atoms with van der Waals surface area (Å²) in [5, 5.41) is 15.9. The van der Waals surface area contributed by atoms with Crippen LogP contribution in [0.1, 0.15) is 12.8 Å². The van der Waals surface area contributed by atoms with Crippen molar-refractivity contribution >= 4 is 5.69 Å². The molecule has 17 heavy (non-hydrogen) atoms. The lowest BCUT2D eigenvalue weighted by Gasteiger charge is -2.33. The zero-order chi connectivity index (χ0) is 12.1. The van der Waals surface area contributed by atoms with Gasteiger partial charge in [-0.25, -0.2) is 0 Å². The molecule has 1 aromatic rings. The Morgan fingerprint density at radius 3 is 2.71 bits per heavy atom. The van der Waals surface area contributed by atoms with Crippen LogP contribution in [-0.2, 0) is 0 Å². The quantitative estimate of drug-likeness (QED) is 0.832. The summed E-state index contributed by atoms with van der Waals surface area (Å²) in [5.41, 5.74) is 0.475. The first-order valence-corrected chi connectivity index (χ1v) is 5.82. The lowest BCUT2D eigenvalue weighted by molar-refractivity contribution is 0.410. The molecule has 4 nitrogen and oxygen atoms in total. The molecule has 0 saturated carbocycles. The van der Waals surface area contributed by atoms with Crippen LogP contribution in [0, 0.1) is 11.3 Å². The zero-order valence-corrected chi connectivity index (χ0v) is 9.99. The number of nitrogens with one attached hydrogen (secondary N) is 2. The number of nitriles is 1. The van der Waals surface area contributed by atoms with Crippen LogP contribution in [-0.4, -0.2) is 25.7 Å². The third-order valence-corrected chi connectivity index (χ3v) is 3.07. The van der Waals surface area contributed by atoms with Crippen LogP contribution in [0.2, 0.25) is 0 Å². The molecule has 0 bridgehead atoms. The Labute approximate surface area is 102 Å². The molecule has 1 aliphatic rings. The van der Waals surface area contributed by atoms with Gasteiger partial charge in [0.2, 0.25) is 0 Å². The van der Waals surface area contributed by atoms with E-state index in [2.05, 4.69) is 16.7 Å². The number of hydrogen-bond donors (Lipinski definition) is 2. The van der Waals surface area contributed by atoms with Gasteiger partial charge >= 0.3 is 0 Å². The van der Waals surface area contributed by atoms with Crippen LogP contribution < -0.4 is 15.4 Å². The van der Waals surface area contributed by atoms with Gasteiger partial charge in [-0.2, -0.15) is 5.26 Å². The van der Waals surface area contributed by atoms with E-state index in [0.29, 0.717) is 6.54 Å². The maximum absolute atomic E-state index is 9.33. The number of piperidine rings is 1. The summed E-state index contributed by atoms with van der Waals surface area (Å²) in [7, 11) is 1.64. The summed E-state index contributed by atoms with van der Waals surface area (Å²) in [6.45, 7) is 1.68. The van der Waals surface area contributed by atoms with E-state index in [-0.39, 0.29) is 0 Å². The highest BCUT2D eigenvalue weighted by molar-refractivity contribution is 5.50. The minimum Gasteiger partial charge on any atom is -0.497 e. The molecule has 0 aliphatic carbocycles. The summed E-state index contributed by atoms with van der Waals surface area (Å²) in [4.78, 5) is 0. The maximum atomic E-state index is 9.33. The van der Waals surface area contributed by atoms with Crippen LogP contribution >= 0.6 is 0 Å². The Morgan fingerprint density at radius 1 is 1.41 bits per heavy atom. The van der Waals surface area contributed by atoms with Crippen molar-refractivity contribution in [1.82, 2.24) is 5.32 Å². The van der Waals surface area contributed by atoms with Gasteiger partial charge in [0.15, 0.2) is 0 Å². The Kier molecular flexibility index (Phi) is 3.50. The van der Waals surface area contributed by atoms with Crippen molar-refractivity contribution < 1.29 is 4.74 Å². The molecule has 0 spiro atoms. The predicted octanol–water partition coefficient (Wildman–Crippen LogP) is 1.75. The molecule has 2 rings (SSSR count). The first-order valence-electron chi connectivity index (χ1n) is 5.82. The van der Waals surface area contributed by atoms with E-state index in [0.717, 1.165) is 30.8 Å². The predicted molar refractivity (Wildman–Crippen MR) is 67.1 cm³/mol. The van der Waals surface area contributed by atoms with Gasteiger partial charge in [0, 0.05) is 12.2 Å². The van der Waals surface area contributed by atoms with Crippen LogP contribution in [0.5, 0.6) is 5.75 Å². The van der Waals surface area contributed by atoms with E-state index in [1.165, 1.54) is 0 Å². The molecule has 1 atom stereocenters. The summed E-state index contributed by atoms with van der Waals surface area (Å²) < 4.78 is 5.11. The van der Waals surface area contributed by atoms with E-state index in [1.54, 1.807) is 7.11 Å². The van der Waals surface area contributed by atoms with Crippen molar-refractivity contribution in [2.75, 3.05) is 25.5 Å². The van der Waals surface area contributed by atoms with Gasteiger partial charge in [-0.05, 0) is 43.7 Å². The van der Waals surface area contributed by atoms with Gasteiger partial charge in [0.1, 0.15) is 11.3 Å². The second-order valence-corrected chi connectivity index (χ2v) is 4.33. The molecule has 0 amide bonds. The number of anilines is 1. The molecule has 4 heteroatoms. The van der Waals surface area contributed by atoms with Gasteiger partial charge in [0.25, 0.3) is 0 Å². The zero-order valence-electron chi connectivity index (χ0n) is 9.99. The molecule has 1 aliphatic heterocycles. The first kappa shape index (κ1) is 11.7. The van der Waals surface area contributed by atoms with Crippen molar-refractivity contribution in [1.29, 1.82) is 5.26 Å². The third-order valence-electron chi connectivity index (χ3n) is 3.07. The highest BCUT2D eigenvalue weighted by Gasteiger charge is 2.31. The Morgan fingerprint density at radius 2 is 2.18 bits per heavy atom. The molecule has 90 valence electrons. The number of benzene rings is 1. The fourth-order valence-electron chi connectivity index (χ4n) is 2.09. The lowest BCUT2D eigenvalue weighted by Crippen LogP contribution is -2.50. The average molecular weight is 231 g/mol. The Bertz CT molecular complexity index is 402. The highest BCUT2D eigenvalue weighted by atomic mass is 16.5. The van der Waals surface area contributed by atoms with Crippen LogP contribution in [0.4, 0.5) is 5.69 Å². The fourth-order valence-corrected chi connectivity index (χ4v) is 2.09. The van der Waals surface area contributed by atoms with Gasteiger partial charge < -0.3 is 15.4 Å². The van der Waals surface area contributed by atoms with Gasteiger partial charge in [0.05, 0.1) is 13.2 Å². The van der Waals surface area contributed by atoms with E-state index in [9.17, 15) is 5.26 Å². The second-order valence-electron chi connectivity index (χ2n) is 4.33. The average Bonchev–Trinajstić information content (AvgIpc) is 2.41. The number of ether oxygens (including phenoxy) is 1. The lowest BCUT2D eigenvalue weighted by atomic mass is 9.91. The fraction of sp³-hybridized carbons (Fsp3) is 0.462. The molecule has 1 fully saturated rings. The van der Waals surface area contributed by atoms with Crippen molar-refractivity contribution in [2.45, 2.75) is 18.4 Å². The number of hydrogen-bond acceptors (Lipinski definition) is 4. The van der Waals surface area contributed by atoms with Crippen LogP contribution in [0.3, 0.4) is 0 Å². The van der Waals surface area contributed by atoms with Crippen molar-refractivity contribution in [3.05, 3.63) is 24.3 Å². The van der Waals surface area contributed by atoms with E-state index < -0.39 is 5.54 Å². The minimum absolute atomic E-state index is 0.479. The largest absolute Gasteiger partial charge is 0.497 e. The van der Waals surface area contributed by atoms with Gasteiger partial charge in [-0.1, -0.05) is 0 Å². The molecule has 1 saturated heterocycles. The number of nitrogens with zero attached hydrogens (tertiary/aromatic N) is 1. The summed E-state index contributed by atoms with van der Waals surface area (Å²) >= 11 is 0. The summed E-state index contributed by atoms with van der Waals surface area (Å²) in [6.07, 6.45) is 1.90. The summed E-state index contributed by atoms with van der Waals surface area (Å²) in [5.74, 6) is 0.823. The van der Waals surface area contributed by atoms with Gasteiger partial charge in [-0.15, -0.1) is 0 Å². The SMILES string of the molecule is COc1ccc(NC2(C#N)CCCNC2)cc1. The molecule has 1 aromatic carbocycles. The van der Waals surface area contributed by atoms with Crippen molar-refractivity contribution in [3.8, 4) is 11.8 Å². The minimum atomic E-state index is -0.479. The van der Waals surface area contributed by atoms with Crippen LogP contribution in [0.25, 0.3) is 0 Å². The maximum Gasteiger partial charge on any atom is 0.138 e. The number of rotatable bonds is 3. The molecular weight excluding hydrogens is 214 g/mol. The smallest absolute Gasteiger partial charge is 0.138 e. The normalized spacial score (nSPS) is 23.8. The van der Waals surface area contributed by atoms with Crippen molar-refractivity contribution in [2.24, 2.45) is 0 Å². The Balaban J connectivity index is 2.10. The monoisotopic (exact) mass is 231 g/mol. The molecule has 1 heterocycles. The molecule has 0 aromatic heterocycles. The standard InChI is InChI=1S/C13H17N3O/c1-17-12-5-3-11(4-6-12)16-13(9-14)7-2-8-15-10-13/h3-6,15-16H,2,7-8,10H2,1H3. The third kappa shape index (κ3) is 2.69. The molecule has 0 radical (unpaired) electrons. The summed E-state index contributed by atoms with van der Waals surface area (Å²) in [6, 6.07) is 10.0. The first-order chi connectivity index (χ1) is 8.28. The van der Waals surface area contributed by atoms with Crippen LogP contribution in [0.15, 0.2) is 24.3 Å². The molecular formula is C13H17N3O. The van der Waals surface area contributed by atoms with Crippen molar-refractivity contribution in [3.63, 3.8) is 0 Å². The Hall–Kier alpha value is -1.73. The topological polar surface area (TPSA) is 57.1 Å². The number of methoxy groups -OCH3 is 1. The second kappa shape index (κ2) is 5.07. The highest BCUT2D eigenvalue weighted by Crippen LogP contribution is 2.23. The van der Waals surface area contributed by atoms with E-state index in [4.69, 9.17) is 4.74 Å².